The Labute approximate surface area is 255 Å². The first-order chi connectivity index (χ1) is 20.4. The number of rotatable bonds is 21. The second kappa shape index (κ2) is 20.4. The van der Waals surface area contributed by atoms with Crippen LogP contribution in [0.25, 0.3) is 0 Å². The van der Waals surface area contributed by atoms with Crippen molar-refractivity contribution in [3.63, 3.8) is 0 Å². The first-order valence-corrected chi connectivity index (χ1v) is 14.1. The van der Waals surface area contributed by atoms with E-state index in [2.05, 4.69) is 31.6 Å². The Balaban J connectivity index is 5.46. The summed E-state index contributed by atoms with van der Waals surface area (Å²) in [5, 5.41) is 29.9. The molecule has 18 nitrogen and oxygen atoms in total. The van der Waals surface area contributed by atoms with Crippen LogP contribution in [0.2, 0.25) is 0 Å². The first kappa shape index (κ1) is 39.5. The van der Waals surface area contributed by atoms with Crippen molar-refractivity contribution >= 4 is 47.4 Å². The lowest BCUT2D eigenvalue weighted by Crippen LogP contribution is -2.58. The highest BCUT2D eigenvalue weighted by molar-refractivity contribution is 5.96. The van der Waals surface area contributed by atoms with Gasteiger partial charge in [0.25, 0.3) is 0 Å². The zero-order chi connectivity index (χ0) is 34.0. The minimum Gasteiger partial charge on any atom is -0.481 e. The number of guanidine groups is 1. The molecule has 0 heterocycles. The highest BCUT2D eigenvalue weighted by Gasteiger charge is 2.31. The number of aliphatic imine (C=N–C) groups is 1. The van der Waals surface area contributed by atoms with E-state index in [0.717, 1.165) is 0 Å². The van der Waals surface area contributed by atoms with E-state index in [1.54, 1.807) is 27.7 Å². The molecule has 0 aliphatic heterocycles. The molecule has 0 radical (unpaired) electrons. The molecule has 0 saturated heterocycles. The Hall–Kier alpha value is -4.48. The van der Waals surface area contributed by atoms with Crippen LogP contribution in [0.3, 0.4) is 0 Å². The summed E-state index contributed by atoms with van der Waals surface area (Å²) in [4.78, 5) is 89.5. The third kappa shape index (κ3) is 18.1. The normalized spacial score (nSPS) is 13.5. The number of carbonyl (C=O) groups excluding carboxylic acids is 5. The highest BCUT2D eigenvalue weighted by Crippen LogP contribution is 2.10. The van der Waals surface area contributed by atoms with Gasteiger partial charge in [0.05, 0.1) is 19.0 Å². The smallest absolute Gasteiger partial charge is 0.322 e. The van der Waals surface area contributed by atoms with Crippen LogP contribution in [0, 0.1) is 11.8 Å². The van der Waals surface area contributed by atoms with E-state index >= 15 is 0 Å². The summed E-state index contributed by atoms with van der Waals surface area (Å²) in [5.74, 6) is -7.02. The molecule has 250 valence electrons. The van der Waals surface area contributed by atoms with E-state index in [4.69, 9.17) is 22.3 Å². The van der Waals surface area contributed by atoms with Crippen molar-refractivity contribution in [3.05, 3.63) is 0 Å². The molecule has 0 unspecified atom stereocenters. The molecule has 4 atom stereocenters. The maximum atomic E-state index is 13.2. The number of aliphatic carboxylic acids is 2. The standard InChI is InChI=1S/C26H47N9O9/c1-13(2)8-16(23(42)32-12-21(39)40)34-24(43)17(9-14(3)4)35-25(44)18(10-20(37)38)33-19(36)11-31-22(41)15(27)6-5-7-30-26(28)29/h13-18H,5-12,27H2,1-4H3,(H,31,41)(H,32,42)(H,33,36)(H,34,43)(H,35,44)(H,37,38)(H,39,40)(H4,28,29,30)/t15-,16-,17-,18-/m0/s1. The number of nitrogens with two attached hydrogens (primary N) is 3. The number of carboxylic acids is 2. The fourth-order valence-electron chi connectivity index (χ4n) is 3.81. The van der Waals surface area contributed by atoms with Crippen molar-refractivity contribution in [2.75, 3.05) is 19.6 Å². The molecule has 0 bridgehead atoms. The second-order valence-corrected chi connectivity index (χ2v) is 11.0. The molecule has 0 fully saturated rings. The van der Waals surface area contributed by atoms with Crippen molar-refractivity contribution in [3.8, 4) is 0 Å². The molecule has 0 saturated carbocycles. The van der Waals surface area contributed by atoms with Crippen molar-refractivity contribution in [1.29, 1.82) is 0 Å². The molecule has 0 aromatic heterocycles. The number of amides is 5. The molecule has 0 aromatic rings. The summed E-state index contributed by atoms with van der Waals surface area (Å²) in [6, 6.07) is -4.92. The van der Waals surface area contributed by atoms with E-state index in [1.807, 2.05) is 0 Å². The Morgan fingerprint density at radius 1 is 0.682 bits per heavy atom. The van der Waals surface area contributed by atoms with E-state index in [0.29, 0.717) is 6.42 Å². The lowest BCUT2D eigenvalue weighted by molar-refractivity contribution is -0.141. The SMILES string of the molecule is CC(C)C[C@H](NC(=O)[C@H](CC(C)C)NC(=O)[C@H](CC(=O)O)NC(=O)CNC(=O)[C@@H](N)CCCN=C(N)N)C(=O)NCC(=O)O. The summed E-state index contributed by atoms with van der Waals surface area (Å²) in [6.07, 6.45) is 0.0403. The monoisotopic (exact) mass is 629 g/mol. The van der Waals surface area contributed by atoms with Crippen LogP contribution >= 0.6 is 0 Å². The predicted molar refractivity (Wildman–Crippen MR) is 158 cm³/mol. The highest BCUT2D eigenvalue weighted by atomic mass is 16.4. The molecule has 0 aromatic carbocycles. The van der Waals surface area contributed by atoms with Gasteiger partial charge in [-0.1, -0.05) is 27.7 Å². The topological polar surface area (TPSA) is 311 Å². The van der Waals surface area contributed by atoms with Gasteiger partial charge in [-0.3, -0.25) is 38.6 Å². The number of hydrogen-bond acceptors (Lipinski definition) is 9. The van der Waals surface area contributed by atoms with Gasteiger partial charge in [0.15, 0.2) is 5.96 Å². The number of nitrogens with one attached hydrogen (secondary N) is 5. The number of carboxylic acid groups (broad SMARTS) is 2. The average molecular weight is 630 g/mol. The summed E-state index contributed by atoms with van der Waals surface area (Å²) in [5.41, 5.74) is 16.2. The van der Waals surface area contributed by atoms with Gasteiger partial charge in [0.2, 0.25) is 29.5 Å². The average Bonchev–Trinajstić information content (AvgIpc) is 2.90. The maximum absolute atomic E-state index is 13.2. The molecular formula is C26H47N9O9. The molecule has 0 rings (SSSR count). The van der Waals surface area contributed by atoms with Crippen LogP contribution < -0.4 is 43.8 Å². The van der Waals surface area contributed by atoms with Crippen LogP contribution in [0.1, 0.15) is 59.8 Å². The molecule has 0 spiro atoms. The third-order valence-corrected chi connectivity index (χ3v) is 5.85. The largest absolute Gasteiger partial charge is 0.481 e. The summed E-state index contributed by atoms with van der Waals surface area (Å²) in [7, 11) is 0. The van der Waals surface area contributed by atoms with E-state index in [1.165, 1.54) is 0 Å². The van der Waals surface area contributed by atoms with Crippen LogP contribution in [-0.4, -0.2) is 101 Å². The lowest BCUT2D eigenvalue weighted by atomic mass is 9.99. The zero-order valence-electron chi connectivity index (χ0n) is 25.6. The molecular weight excluding hydrogens is 582 g/mol. The minimum atomic E-state index is -1.61. The van der Waals surface area contributed by atoms with Gasteiger partial charge in [0.1, 0.15) is 24.7 Å². The van der Waals surface area contributed by atoms with Gasteiger partial charge >= 0.3 is 11.9 Å². The van der Waals surface area contributed by atoms with Crippen molar-refractivity contribution in [2.24, 2.45) is 34.0 Å². The Kier molecular flexibility index (Phi) is 18.3. The zero-order valence-corrected chi connectivity index (χ0v) is 25.6. The second-order valence-electron chi connectivity index (χ2n) is 11.0. The number of nitrogens with zero attached hydrogens (tertiary/aromatic N) is 1. The molecule has 44 heavy (non-hydrogen) atoms. The lowest BCUT2D eigenvalue weighted by Gasteiger charge is -2.26. The minimum absolute atomic E-state index is 0.0658. The van der Waals surface area contributed by atoms with Crippen LogP contribution in [0.4, 0.5) is 0 Å². The van der Waals surface area contributed by atoms with Crippen LogP contribution in [-0.2, 0) is 33.6 Å². The Morgan fingerprint density at radius 2 is 1.18 bits per heavy atom. The summed E-state index contributed by atoms with van der Waals surface area (Å²) < 4.78 is 0. The van der Waals surface area contributed by atoms with Gasteiger partial charge < -0.3 is 54.0 Å². The van der Waals surface area contributed by atoms with Crippen LogP contribution in [0.5, 0.6) is 0 Å². The molecule has 5 amide bonds. The Morgan fingerprint density at radius 3 is 1.66 bits per heavy atom. The number of carbonyl (C=O) groups is 7. The van der Waals surface area contributed by atoms with Gasteiger partial charge in [-0.2, -0.15) is 0 Å². The van der Waals surface area contributed by atoms with E-state index in [9.17, 15) is 38.7 Å². The van der Waals surface area contributed by atoms with Gasteiger partial charge in [-0.05, 0) is 37.5 Å². The van der Waals surface area contributed by atoms with E-state index in [-0.39, 0.29) is 43.6 Å². The van der Waals surface area contributed by atoms with Crippen molar-refractivity contribution < 1.29 is 43.8 Å². The van der Waals surface area contributed by atoms with Gasteiger partial charge in [-0.25, -0.2) is 0 Å². The van der Waals surface area contributed by atoms with Crippen molar-refractivity contribution in [1.82, 2.24) is 26.6 Å². The van der Waals surface area contributed by atoms with E-state index < -0.39 is 85.2 Å². The third-order valence-electron chi connectivity index (χ3n) is 5.85. The quantitative estimate of drug-likeness (QED) is 0.0339. The molecule has 0 aliphatic carbocycles. The predicted octanol–water partition coefficient (Wildman–Crippen LogP) is -3.29. The fourth-order valence-corrected chi connectivity index (χ4v) is 3.81. The Bertz CT molecular complexity index is 1050. The summed E-state index contributed by atoms with van der Waals surface area (Å²) in [6.45, 7) is 6.11. The van der Waals surface area contributed by atoms with Gasteiger partial charge in [0, 0.05) is 6.54 Å². The van der Waals surface area contributed by atoms with Crippen LogP contribution in [0.15, 0.2) is 4.99 Å². The molecule has 0 aliphatic rings. The molecule has 13 N–H and O–H groups in total. The van der Waals surface area contributed by atoms with Crippen molar-refractivity contribution in [2.45, 2.75) is 84.0 Å². The molecule has 18 heteroatoms. The number of hydrogen-bond donors (Lipinski definition) is 10. The maximum Gasteiger partial charge on any atom is 0.322 e. The summed E-state index contributed by atoms with van der Waals surface area (Å²) >= 11 is 0. The fraction of sp³-hybridized carbons (Fsp3) is 0.692. The van der Waals surface area contributed by atoms with Gasteiger partial charge in [-0.15, -0.1) is 0 Å². The first-order valence-electron chi connectivity index (χ1n) is 14.1.